The van der Waals surface area contributed by atoms with Gasteiger partial charge in [0.2, 0.25) is 6.79 Å². The van der Waals surface area contributed by atoms with Crippen LogP contribution in [0.5, 0.6) is 11.5 Å². The van der Waals surface area contributed by atoms with Crippen molar-refractivity contribution in [3.8, 4) is 11.5 Å². The van der Waals surface area contributed by atoms with Crippen LogP contribution in [0.15, 0.2) is 35.5 Å². The number of allylic oxidation sites excluding steroid dienone is 2. The van der Waals surface area contributed by atoms with Gasteiger partial charge in [0.05, 0.1) is 18.1 Å². The Bertz CT molecular complexity index is 851. The molecule has 2 bridgehead atoms. The minimum absolute atomic E-state index is 0.143. The predicted octanol–water partition coefficient (Wildman–Crippen LogP) is 1.95. The summed E-state index contributed by atoms with van der Waals surface area (Å²) in [7, 11) is 0. The SMILES string of the molecule is O=C1[C@@H]2[C@@H](C(=O)N1/N=C\c1ccc3c(c1)OCO3)[C@@H]1C=C[C@@H]2C12CC2. The lowest BCUT2D eigenvalue weighted by Crippen LogP contribution is -2.30. The van der Waals surface area contributed by atoms with Crippen molar-refractivity contribution in [2.45, 2.75) is 12.8 Å². The van der Waals surface area contributed by atoms with Gasteiger partial charge < -0.3 is 9.47 Å². The van der Waals surface area contributed by atoms with Crippen LogP contribution in [0.1, 0.15) is 18.4 Å². The molecule has 0 N–H and O–H groups in total. The number of ether oxygens (including phenoxy) is 2. The number of carbonyl (C=O) groups excluding carboxylic acids is 2. The highest BCUT2D eigenvalue weighted by molar-refractivity contribution is 6.07. The highest BCUT2D eigenvalue weighted by Gasteiger charge is 2.73. The summed E-state index contributed by atoms with van der Waals surface area (Å²) in [6.45, 7) is 0.208. The third kappa shape index (κ3) is 1.57. The Balaban J connectivity index is 1.29. The average Bonchev–Trinajstić information content (AvgIpc) is 2.90. The molecular weight excluding hydrogens is 320 g/mol. The Hall–Kier alpha value is -2.63. The topological polar surface area (TPSA) is 68.2 Å². The summed E-state index contributed by atoms with van der Waals surface area (Å²) in [5.41, 5.74) is 0.981. The molecule has 126 valence electrons. The molecule has 3 fully saturated rings. The van der Waals surface area contributed by atoms with Gasteiger partial charge in [0.15, 0.2) is 11.5 Å². The van der Waals surface area contributed by atoms with Crippen LogP contribution in [0.25, 0.3) is 0 Å². The molecule has 1 spiro atoms. The zero-order valence-corrected chi connectivity index (χ0v) is 13.4. The summed E-state index contributed by atoms with van der Waals surface area (Å²) in [6, 6.07) is 5.42. The van der Waals surface area contributed by atoms with E-state index in [1.165, 1.54) is 0 Å². The molecule has 0 radical (unpaired) electrons. The van der Waals surface area contributed by atoms with E-state index in [2.05, 4.69) is 17.3 Å². The molecule has 2 amide bonds. The van der Waals surface area contributed by atoms with E-state index in [9.17, 15) is 9.59 Å². The summed E-state index contributed by atoms with van der Waals surface area (Å²) in [5.74, 6) is 1.09. The number of imide groups is 1. The molecule has 6 rings (SSSR count). The second-order valence-electron chi connectivity index (χ2n) is 7.57. The largest absolute Gasteiger partial charge is 0.454 e. The van der Waals surface area contributed by atoms with Crippen molar-refractivity contribution in [3.63, 3.8) is 0 Å². The fraction of sp³-hybridized carbons (Fsp3) is 0.421. The van der Waals surface area contributed by atoms with Gasteiger partial charge >= 0.3 is 0 Å². The van der Waals surface area contributed by atoms with E-state index in [-0.39, 0.29) is 47.7 Å². The lowest BCUT2D eigenvalue weighted by Gasteiger charge is -2.18. The summed E-state index contributed by atoms with van der Waals surface area (Å²) in [5, 5.41) is 5.30. The molecule has 1 saturated heterocycles. The standard InChI is InChI=1S/C19H16N2O4/c22-17-15-11-2-3-12(19(11)5-6-19)16(15)18(23)21(17)20-8-10-1-4-13-14(7-10)25-9-24-13/h1-4,7-8,11-12,15-16H,5-6,9H2/b20-8-/t11-,12-,15-,16-/m0/s1. The molecule has 1 aromatic rings. The Kier molecular flexibility index (Phi) is 2.35. The second-order valence-corrected chi connectivity index (χ2v) is 7.57. The van der Waals surface area contributed by atoms with E-state index >= 15 is 0 Å². The van der Waals surface area contributed by atoms with Crippen molar-refractivity contribution in [3.05, 3.63) is 35.9 Å². The fourth-order valence-corrected chi connectivity index (χ4v) is 5.29. The minimum atomic E-state index is -0.209. The van der Waals surface area contributed by atoms with E-state index < -0.39 is 0 Å². The van der Waals surface area contributed by atoms with Crippen LogP contribution in [0.4, 0.5) is 0 Å². The molecular formula is C19H16N2O4. The molecule has 2 aliphatic heterocycles. The summed E-state index contributed by atoms with van der Waals surface area (Å²) < 4.78 is 10.6. The number of carbonyl (C=O) groups is 2. The molecule has 1 aromatic carbocycles. The quantitative estimate of drug-likeness (QED) is 0.470. The fourth-order valence-electron chi connectivity index (χ4n) is 5.29. The summed E-state index contributed by atoms with van der Waals surface area (Å²) in [6.07, 6.45) is 8.15. The van der Waals surface area contributed by atoms with Crippen LogP contribution in [0.3, 0.4) is 0 Å². The maximum atomic E-state index is 12.8. The Morgan fingerprint density at radius 3 is 2.40 bits per heavy atom. The van der Waals surface area contributed by atoms with Gasteiger partial charge in [0.25, 0.3) is 11.8 Å². The van der Waals surface area contributed by atoms with Gasteiger partial charge in [-0.25, -0.2) is 0 Å². The van der Waals surface area contributed by atoms with Gasteiger partial charge in [-0.15, -0.1) is 0 Å². The zero-order chi connectivity index (χ0) is 16.8. The van der Waals surface area contributed by atoms with Gasteiger partial charge in [0, 0.05) is 0 Å². The van der Waals surface area contributed by atoms with Crippen LogP contribution in [0, 0.1) is 29.1 Å². The summed E-state index contributed by atoms with van der Waals surface area (Å²) in [4.78, 5) is 25.6. The van der Waals surface area contributed by atoms with Crippen molar-refractivity contribution in [1.82, 2.24) is 5.01 Å². The number of hydrazone groups is 1. The number of hydrogen-bond donors (Lipinski definition) is 0. The van der Waals surface area contributed by atoms with Crippen LogP contribution in [-0.2, 0) is 9.59 Å². The van der Waals surface area contributed by atoms with E-state index in [0.717, 1.165) is 23.4 Å². The molecule has 25 heavy (non-hydrogen) atoms. The lowest BCUT2D eigenvalue weighted by molar-refractivity contribution is -0.141. The first kappa shape index (κ1) is 13.6. The number of rotatable bonds is 2. The maximum Gasteiger partial charge on any atom is 0.254 e. The van der Waals surface area contributed by atoms with Crippen molar-refractivity contribution >= 4 is 18.0 Å². The van der Waals surface area contributed by atoms with E-state index in [1.54, 1.807) is 18.3 Å². The summed E-state index contributed by atoms with van der Waals surface area (Å²) >= 11 is 0. The van der Waals surface area contributed by atoms with Gasteiger partial charge in [-0.05, 0) is 53.9 Å². The van der Waals surface area contributed by atoms with Crippen LogP contribution < -0.4 is 9.47 Å². The maximum absolute atomic E-state index is 12.8. The number of benzene rings is 1. The molecule has 5 aliphatic rings. The highest BCUT2D eigenvalue weighted by Crippen LogP contribution is 2.73. The Morgan fingerprint density at radius 1 is 1.04 bits per heavy atom. The molecule has 2 saturated carbocycles. The van der Waals surface area contributed by atoms with Crippen LogP contribution in [-0.4, -0.2) is 29.8 Å². The minimum Gasteiger partial charge on any atom is -0.454 e. The van der Waals surface area contributed by atoms with Crippen LogP contribution >= 0.6 is 0 Å². The molecule has 6 nitrogen and oxygen atoms in total. The van der Waals surface area contributed by atoms with Gasteiger partial charge in [-0.3, -0.25) is 9.59 Å². The molecule has 0 unspecified atom stereocenters. The van der Waals surface area contributed by atoms with Gasteiger partial charge in [-0.1, -0.05) is 12.2 Å². The van der Waals surface area contributed by atoms with E-state index in [4.69, 9.17) is 9.47 Å². The third-order valence-electron chi connectivity index (χ3n) is 6.55. The number of amides is 2. The second kappa shape index (κ2) is 4.31. The third-order valence-corrected chi connectivity index (χ3v) is 6.55. The van der Waals surface area contributed by atoms with Crippen LogP contribution in [0.2, 0.25) is 0 Å². The monoisotopic (exact) mass is 336 g/mol. The van der Waals surface area contributed by atoms with E-state index in [0.29, 0.717) is 11.5 Å². The number of nitrogens with zero attached hydrogens (tertiary/aromatic N) is 2. The first-order valence-corrected chi connectivity index (χ1v) is 8.69. The van der Waals surface area contributed by atoms with Gasteiger partial charge in [0.1, 0.15) is 0 Å². The Labute approximate surface area is 144 Å². The zero-order valence-electron chi connectivity index (χ0n) is 13.4. The predicted molar refractivity (Wildman–Crippen MR) is 86.8 cm³/mol. The van der Waals surface area contributed by atoms with Crippen molar-refractivity contribution in [2.24, 2.45) is 34.2 Å². The smallest absolute Gasteiger partial charge is 0.254 e. The molecule has 0 aromatic heterocycles. The lowest BCUT2D eigenvalue weighted by atomic mass is 9.85. The van der Waals surface area contributed by atoms with Crippen molar-refractivity contribution < 1.29 is 19.1 Å². The van der Waals surface area contributed by atoms with Crippen molar-refractivity contribution in [1.29, 1.82) is 0 Å². The normalized spacial score (nSPS) is 35.4. The Morgan fingerprint density at radius 2 is 1.72 bits per heavy atom. The van der Waals surface area contributed by atoms with E-state index in [1.807, 2.05) is 6.07 Å². The molecule has 3 aliphatic carbocycles. The number of hydrogen-bond acceptors (Lipinski definition) is 5. The molecule has 4 atom stereocenters. The molecule has 2 heterocycles. The number of fused-ring (bicyclic) bond motifs is 4. The highest BCUT2D eigenvalue weighted by atomic mass is 16.7. The first-order chi connectivity index (χ1) is 12.2. The molecule has 6 heteroatoms. The van der Waals surface area contributed by atoms with Crippen molar-refractivity contribution in [2.75, 3.05) is 6.79 Å². The average molecular weight is 336 g/mol. The first-order valence-electron chi connectivity index (χ1n) is 8.69. The van der Waals surface area contributed by atoms with Gasteiger partial charge in [-0.2, -0.15) is 10.1 Å².